The summed E-state index contributed by atoms with van der Waals surface area (Å²) in [6, 6.07) is 3.49. The van der Waals surface area contributed by atoms with Crippen molar-refractivity contribution in [2.24, 2.45) is 0 Å². The van der Waals surface area contributed by atoms with Gasteiger partial charge >= 0.3 is 6.09 Å². The zero-order chi connectivity index (χ0) is 16.9. The van der Waals surface area contributed by atoms with Gasteiger partial charge in [0.2, 0.25) is 0 Å². The minimum atomic E-state index is -0.482. The van der Waals surface area contributed by atoms with E-state index in [1.165, 1.54) is 0 Å². The number of halogens is 2. The Morgan fingerprint density at radius 3 is 2.68 bits per heavy atom. The second-order valence-corrected chi connectivity index (χ2v) is 7.21. The molecule has 22 heavy (non-hydrogen) atoms. The summed E-state index contributed by atoms with van der Waals surface area (Å²) in [5, 5.41) is 3.83. The van der Waals surface area contributed by atoms with E-state index in [1.807, 2.05) is 20.8 Å². The van der Waals surface area contributed by atoms with E-state index in [0.717, 1.165) is 16.6 Å². The lowest BCUT2D eigenvalue weighted by Gasteiger charge is -2.24. The molecule has 0 atom stereocenters. The van der Waals surface area contributed by atoms with Crippen LogP contribution < -0.4 is 11.1 Å². The molecule has 0 radical (unpaired) electrons. The molecule has 124 valence electrons. The number of benzene rings is 1. The molecule has 0 saturated carbocycles. The van der Waals surface area contributed by atoms with Crippen LogP contribution in [0.25, 0.3) is 0 Å². The van der Waals surface area contributed by atoms with Gasteiger partial charge in [-0.25, -0.2) is 4.79 Å². The molecule has 0 fully saturated rings. The van der Waals surface area contributed by atoms with Gasteiger partial charge in [0.25, 0.3) is 0 Å². The third kappa shape index (κ3) is 5.93. The van der Waals surface area contributed by atoms with Gasteiger partial charge in [-0.1, -0.05) is 11.6 Å². The molecule has 1 aromatic rings. The smallest absolute Gasteiger partial charge is 0.410 e. The predicted octanol–water partition coefficient (Wildman–Crippen LogP) is 4.35. The van der Waals surface area contributed by atoms with Crippen LogP contribution >= 0.6 is 27.5 Å². The quantitative estimate of drug-likeness (QED) is 0.577. The maximum atomic E-state index is 11.8. The molecule has 0 unspecified atom stereocenters. The molecule has 1 aromatic carbocycles. The fourth-order valence-corrected chi connectivity index (χ4v) is 2.36. The topological polar surface area (TPSA) is 67.6 Å². The number of nitrogens with two attached hydrogens (primary N) is 1. The Hall–Kier alpha value is -1.14. The monoisotopic (exact) mass is 391 g/mol. The molecule has 0 aliphatic heterocycles. The second kappa shape index (κ2) is 7.92. The molecule has 0 aliphatic rings. The van der Waals surface area contributed by atoms with Crippen LogP contribution in [0.2, 0.25) is 5.02 Å². The molecule has 0 aromatic heterocycles. The van der Waals surface area contributed by atoms with Crippen molar-refractivity contribution in [3.63, 3.8) is 0 Å². The molecule has 5 nitrogen and oxygen atoms in total. The van der Waals surface area contributed by atoms with Gasteiger partial charge in [0.05, 0.1) is 20.9 Å². The molecule has 1 amide bonds. The zero-order valence-electron chi connectivity index (χ0n) is 13.4. The second-order valence-electron chi connectivity index (χ2n) is 6.01. The number of hydrogen-bond donors (Lipinski definition) is 2. The van der Waals surface area contributed by atoms with Crippen molar-refractivity contribution >= 4 is 45.0 Å². The standard InChI is InChI=1S/C15H23BrClN3O2/c1-15(2,3)22-14(21)20(4)9-5-8-19-13-11(18)7-6-10(17)12(13)16/h6-7,19H,5,8-9,18H2,1-4H3. The zero-order valence-corrected chi connectivity index (χ0v) is 15.7. The Bertz CT molecular complexity index is 532. The van der Waals surface area contributed by atoms with Crippen LogP contribution in [0.5, 0.6) is 0 Å². The molecule has 0 saturated heterocycles. The van der Waals surface area contributed by atoms with Crippen molar-refractivity contribution in [2.75, 3.05) is 31.2 Å². The highest BCUT2D eigenvalue weighted by Gasteiger charge is 2.19. The Labute approximate surface area is 145 Å². The van der Waals surface area contributed by atoms with Crippen molar-refractivity contribution < 1.29 is 9.53 Å². The third-order valence-electron chi connectivity index (χ3n) is 2.80. The van der Waals surface area contributed by atoms with Crippen LogP contribution in [0.4, 0.5) is 16.2 Å². The van der Waals surface area contributed by atoms with Gasteiger partial charge in [-0.05, 0) is 55.3 Å². The van der Waals surface area contributed by atoms with E-state index < -0.39 is 5.60 Å². The highest BCUT2D eigenvalue weighted by molar-refractivity contribution is 9.10. The Balaban J connectivity index is 2.43. The number of carbonyl (C=O) groups excluding carboxylic acids is 1. The lowest BCUT2D eigenvalue weighted by molar-refractivity contribution is 0.0298. The largest absolute Gasteiger partial charge is 0.444 e. The summed E-state index contributed by atoms with van der Waals surface area (Å²) in [4.78, 5) is 13.4. The first-order valence-corrected chi connectivity index (χ1v) is 8.20. The molecule has 1 rings (SSSR count). The Kier molecular flexibility index (Phi) is 6.81. The molecule has 0 aliphatic carbocycles. The molecule has 7 heteroatoms. The number of carbonyl (C=O) groups is 1. The van der Waals surface area contributed by atoms with E-state index in [0.29, 0.717) is 23.8 Å². The summed E-state index contributed by atoms with van der Waals surface area (Å²) in [5.74, 6) is 0. The number of nitrogens with one attached hydrogen (secondary N) is 1. The van der Waals surface area contributed by atoms with Crippen molar-refractivity contribution in [1.82, 2.24) is 4.90 Å². The number of nitrogens with zero attached hydrogens (tertiary/aromatic N) is 1. The van der Waals surface area contributed by atoms with E-state index in [4.69, 9.17) is 22.1 Å². The maximum Gasteiger partial charge on any atom is 0.410 e. The van der Waals surface area contributed by atoms with Crippen LogP contribution in [-0.4, -0.2) is 36.7 Å². The van der Waals surface area contributed by atoms with E-state index >= 15 is 0 Å². The Morgan fingerprint density at radius 1 is 1.45 bits per heavy atom. The number of nitrogen functional groups attached to an aromatic ring is 1. The summed E-state index contributed by atoms with van der Waals surface area (Å²) >= 11 is 9.45. The van der Waals surface area contributed by atoms with Crippen LogP contribution in [0.1, 0.15) is 27.2 Å². The first-order valence-electron chi connectivity index (χ1n) is 7.03. The molecular weight excluding hydrogens is 370 g/mol. The molecule has 0 spiro atoms. The average Bonchev–Trinajstić information content (AvgIpc) is 2.40. The lowest BCUT2D eigenvalue weighted by Crippen LogP contribution is -2.35. The summed E-state index contributed by atoms with van der Waals surface area (Å²) in [5.41, 5.74) is 6.82. The first-order chi connectivity index (χ1) is 10.1. The van der Waals surface area contributed by atoms with Gasteiger partial charge in [0.1, 0.15) is 5.60 Å². The first kappa shape index (κ1) is 18.9. The van der Waals surface area contributed by atoms with Gasteiger partial charge in [-0.3, -0.25) is 0 Å². The van der Waals surface area contributed by atoms with Crippen LogP contribution in [0.3, 0.4) is 0 Å². The highest BCUT2D eigenvalue weighted by atomic mass is 79.9. The summed E-state index contributed by atoms with van der Waals surface area (Å²) in [6.45, 7) is 6.79. The average molecular weight is 393 g/mol. The molecular formula is C15H23BrClN3O2. The number of hydrogen-bond acceptors (Lipinski definition) is 4. The van der Waals surface area contributed by atoms with Crippen molar-refractivity contribution in [1.29, 1.82) is 0 Å². The van der Waals surface area contributed by atoms with Gasteiger partial charge < -0.3 is 20.7 Å². The number of rotatable bonds is 5. The normalized spacial score (nSPS) is 11.2. The van der Waals surface area contributed by atoms with Crippen LogP contribution in [0.15, 0.2) is 16.6 Å². The van der Waals surface area contributed by atoms with Crippen molar-refractivity contribution in [3.8, 4) is 0 Å². The number of anilines is 2. The maximum absolute atomic E-state index is 11.8. The predicted molar refractivity (Wildman–Crippen MR) is 95.5 cm³/mol. The van der Waals surface area contributed by atoms with Crippen LogP contribution in [0, 0.1) is 0 Å². The summed E-state index contributed by atoms with van der Waals surface area (Å²) in [7, 11) is 1.72. The number of ether oxygens (including phenoxy) is 1. The molecule has 0 heterocycles. The fraction of sp³-hybridized carbons (Fsp3) is 0.533. The van der Waals surface area contributed by atoms with E-state index in [9.17, 15) is 4.79 Å². The van der Waals surface area contributed by atoms with Crippen LogP contribution in [-0.2, 0) is 4.74 Å². The minimum Gasteiger partial charge on any atom is -0.444 e. The van der Waals surface area contributed by atoms with E-state index in [1.54, 1.807) is 24.1 Å². The lowest BCUT2D eigenvalue weighted by atomic mass is 10.2. The number of amides is 1. The van der Waals surface area contributed by atoms with Gasteiger partial charge in [-0.15, -0.1) is 0 Å². The van der Waals surface area contributed by atoms with Crippen molar-refractivity contribution in [3.05, 3.63) is 21.6 Å². The van der Waals surface area contributed by atoms with Gasteiger partial charge in [0.15, 0.2) is 0 Å². The summed E-state index contributed by atoms with van der Waals surface area (Å²) in [6.07, 6.45) is 0.435. The Morgan fingerprint density at radius 2 is 2.09 bits per heavy atom. The minimum absolute atomic E-state index is 0.323. The van der Waals surface area contributed by atoms with Gasteiger partial charge in [-0.2, -0.15) is 0 Å². The molecule has 0 bridgehead atoms. The third-order valence-corrected chi connectivity index (χ3v) is 4.17. The summed E-state index contributed by atoms with van der Waals surface area (Å²) < 4.78 is 6.04. The molecule has 3 N–H and O–H groups in total. The SMILES string of the molecule is CN(CCCNc1c(N)ccc(Cl)c1Br)C(=O)OC(C)(C)C. The highest BCUT2D eigenvalue weighted by Crippen LogP contribution is 2.34. The van der Waals surface area contributed by atoms with E-state index in [2.05, 4.69) is 21.2 Å². The van der Waals surface area contributed by atoms with Gasteiger partial charge in [0, 0.05) is 20.1 Å². The fourth-order valence-electron chi connectivity index (χ4n) is 1.71. The van der Waals surface area contributed by atoms with E-state index in [-0.39, 0.29) is 6.09 Å². The van der Waals surface area contributed by atoms with Crippen molar-refractivity contribution in [2.45, 2.75) is 32.8 Å².